The van der Waals surface area contributed by atoms with Crippen molar-refractivity contribution in [1.29, 1.82) is 0 Å². The molecule has 1 amide bonds. The second kappa shape index (κ2) is 7.08. The van der Waals surface area contributed by atoms with Crippen LogP contribution in [0.1, 0.15) is 42.9 Å². The summed E-state index contributed by atoms with van der Waals surface area (Å²) in [5.74, 6) is 0.293. The van der Waals surface area contributed by atoms with Gasteiger partial charge in [0, 0.05) is 23.0 Å². The first-order valence-electron chi connectivity index (χ1n) is 8.82. The van der Waals surface area contributed by atoms with E-state index in [4.69, 9.17) is 10.7 Å². The number of aliphatic imine (C=N–C) groups is 1. The Labute approximate surface area is 158 Å². The highest BCUT2D eigenvalue weighted by Gasteiger charge is 2.48. The number of hydrogen-bond acceptors (Lipinski definition) is 3. The predicted octanol–water partition coefficient (Wildman–Crippen LogP) is 2.94. The summed E-state index contributed by atoms with van der Waals surface area (Å²) in [6.07, 6.45) is 6.38. The highest BCUT2D eigenvalue weighted by molar-refractivity contribution is 9.10. The topological polar surface area (TPSA) is 61.9 Å². The van der Waals surface area contributed by atoms with Crippen LogP contribution in [-0.2, 0) is 11.2 Å². The van der Waals surface area contributed by atoms with Crippen LogP contribution in [0.5, 0.6) is 0 Å². The molecule has 25 heavy (non-hydrogen) atoms. The third kappa shape index (κ3) is 3.47. The number of halogens is 1. The molecule has 6 heteroatoms. The van der Waals surface area contributed by atoms with Crippen molar-refractivity contribution in [3.8, 4) is 0 Å². The molecule has 0 saturated heterocycles. The van der Waals surface area contributed by atoms with Gasteiger partial charge in [0.05, 0.1) is 6.04 Å². The molecule has 1 atom stereocenters. The number of hydrogen-bond donors (Lipinski definition) is 1. The van der Waals surface area contributed by atoms with Gasteiger partial charge in [0.2, 0.25) is 6.41 Å². The fourth-order valence-corrected chi connectivity index (χ4v) is 4.79. The van der Waals surface area contributed by atoms with Crippen LogP contribution < -0.4 is 5.73 Å². The summed E-state index contributed by atoms with van der Waals surface area (Å²) in [7, 11) is 5.98. The van der Waals surface area contributed by atoms with Crippen LogP contribution in [-0.4, -0.2) is 49.4 Å². The van der Waals surface area contributed by atoms with Gasteiger partial charge in [-0.3, -0.25) is 9.69 Å². The predicted molar refractivity (Wildman–Crippen MR) is 104 cm³/mol. The Morgan fingerprint density at radius 2 is 2.00 bits per heavy atom. The fourth-order valence-electron chi connectivity index (χ4n) is 4.42. The lowest BCUT2D eigenvalue weighted by atomic mass is 9.68. The van der Waals surface area contributed by atoms with E-state index in [1.54, 1.807) is 7.05 Å². The van der Waals surface area contributed by atoms with Crippen LogP contribution in [0.15, 0.2) is 27.7 Å². The summed E-state index contributed by atoms with van der Waals surface area (Å²) in [4.78, 5) is 19.6. The van der Waals surface area contributed by atoms with E-state index in [2.05, 4.69) is 53.1 Å². The summed E-state index contributed by atoms with van der Waals surface area (Å²) in [5.41, 5.74) is 8.82. The molecule has 2 N–H and O–H groups in total. The molecule has 1 aromatic carbocycles. The van der Waals surface area contributed by atoms with Crippen LogP contribution in [0.4, 0.5) is 0 Å². The lowest BCUT2D eigenvalue weighted by Gasteiger charge is -2.42. The number of nitrogens with two attached hydrogens (primary N) is 1. The van der Waals surface area contributed by atoms with Gasteiger partial charge in [0.25, 0.3) is 0 Å². The zero-order valence-corrected chi connectivity index (χ0v) is 16.8. The zero-order chi connectivity index (χ0) is 18.2. The molecule has 1 aromatic rings. The van der Waals surface area contributed by atoms with Gasteiger partial charge < -0.3 is 10.6 Å². The molecule has 1 spiro atoms. The monoisotopic (exact) mass is 406 g/mol. The van der Waals surface area contributed by atoms with Crippen LogP contribution in [0.3, 0.4) is 0 Å². The summed E-state index contributed by atoms with van der Waals surface area (Å²) < 4.78 is 1.06. The van der Waals surface area contributed by atoms with E-state index in [-0.39, 0.29) is 11.5 Å². The first-order chi connectivity index (χ1) is 11.9. The molecule has 2 aliphatic rings. The SMILES string of the molecule is CN(C=O)/C(N)=N\C1c2cc(Br)ccc2C[C@]12CC[C@@H](N(C)C)CC2. The van der Waals surface area contributed by atoms with Crippen LogP contribution in [0.25, 0.3) is 0 Å². The minimum Gasteiger partial charge on any atom is -0.369 e. The Hall–Kier alpha value is -1.40. The summed E-state index contributed by atoms with van der Waals surface area (Å²) in [6.45, 7) is 0. The Bertz CT molecular complexity index is 680. The van der Waals surface area contributed by atoms with E-state index in [9.17, 15) is 4.79 Å². The summed E-state index contributed by atoms with van der Waals surface area (Å²) in [6, 6.07) is 7.13. The number of carbonyl (C=O) groups is 1. The van der Waals surface area contributed by atoms with E-state index in [1.165, 1.54) is 28.9 Å². The number of benzene rings is 1. The van der Waals surface area contributed by atoms with Crippen molar-refractivity contribution in [2.75, 3.05) is 21.1 Å². The van der Waals surface area contributed by atoms with Gasteiger partial charge in [-0.05, 0) is 69.5 Å². The quantitative estimate of drug-likeness (QED) is 0.476. The molecule has 3 rings (SSSR count). The molecular formula is C19H27BrN4O. The van der Waals surface area contributed by atoms with E-state index >= 15 is 0 Å². The molecular weight excluding hydrogens is 380 g/mol. The van der Waals surface area contributed by atoms with Gasteiger partial charge in [-0.15, -0.1) is 0 Å². The Morgan fingerprint density at radius 1 is 1.32 bits per heavy atom. The van der Waals surface area contributed by atoms with E-state index in [0.717, 1.165) is 23.7 Å². The summed E-state index contributed by atoms with van der Waals surface area (Å²) >= 11 is 3.59. The van der Waals surface area contributed by atoms with Crippen molar-refractivity contribution in [3.63, 3.8) is 0 Å². The molecule has 0 radical (unpaired) electrons. The maximum atomic E-state index is 11.1. The lowest BCUT2D eigenvalue weighted by Crippen LogP contribution is -2.40. The molecule has 1 saturated carbocycles. The standard InChI is InChI=1S/C19H27BrN4O/c1-23(2)15-6-8-19(9-7-15)11-13-4-5-14(20)10-16(13)17(19)22-18(21)24(3)12-25/h4-5,10,12,15,17H,6-9,11H2,1-3H3,(H2,21,22)/t15-,17?,19-. The second-order valence-electron chi connectivity index (χ2n) is 7.68. The van der Waals surface area contributed by atoms with E-state index in [0.29, 0.717) is 18.4 Å². The molecule has 5 nitrogen and oxygen atoms in total. The van der Waals surface area contributed by atoms with Gasteiger partial charge in [-0.2, -0.15) is 0 Å². The van der Waals surface area contributed by atoms with E-state index < -0.39 is 0 Å². The van der Waals surface area contributed by atoms with Crippen molar-refractivity contribution >= 4 is 28.3 Å². The van der Waals surface area contributed by atoms with Crippen LogP contribution in [0, 0.1) is 5.41 Å². The first kappa shape index (κ1) is 18.4. The third-order valence-electron chi connectivity index (χ3n) is 5.99. The average Bonchev–Trinajstić information content (AvgIpc) is 2.87. The smallest absolute Gasteiger partial charge is 0.216 e. The maximum absolute atomic E-state index is 11.1. The minimum absolute atomic E-state index is 0.0190. The normalized spacial score (nSPS) is 29.1. The van der Waals surface area contributed by atoms with Crippen molar-refractivity contribution in [3.05, 3.63) is 33.8 Å². The van der Waals surface area contributed by atoms with Gasteiger partial charge in [0.15, 0.2) is 5.96 Å². The molecule has 0 heterocycles. The number of amides is 1. The average molecular weight is 407 g/mol. The summed E-state index contributed by atoms with van der Waals surface area (Å²) in [5, 5.41) is 0. The number of rotatable bonds is 3. The molecule has 0 aromatic heterocycles. The van der Waals surface area contributed by atoms with Gasteiger partial charge in [0.1, 0.15) is 0 Å². The highest BCUT2D eigenvalue weighted by Crippen LogP contribution is 2.56. The zero-order valence-electron chi connectivity index (χ0n) is 15.2. The second-order valence-corrected chi connectivity index (χ2v) is 8.60. The number of nitrogens with zero attached hydrogens (tertiary/aromatic N) is 3. The first-order valence-corrected chi connectivity index (χ1v) is 9.62. The fraction of sp³-hybridized carbons (Fsp3) is 0.579. The van der Waals surface area contributed by atoms with Gasteiger partial charge in [-0.1, -0.05) is 22.0 Å². The molecule has 2 aliphatic carbocycles. The molecule has 1 unspecified atom stereocenters. The Morgan fingerprint density at radius 3 is 2.60 bits per heavy atom. The lowest BCUT2D eigenvalue weighted by molar-refractivity contribution is -0.114. The van der Waals surface area contributed by atoms with Crippen LogP contribution >= 0.6 is 15.9 Å². The molecule has 1 fully saturated rings. The van der Waals surface area contributed by atoms with Crippen molar-refractivity contribution in [1.82, 2.24) is 9.80 Å². The maximum Gasteiger partial charge on any atom is 0.216 e. The number of guanidine groups is 1. The van der Waals surface area contributed by atoms with Crippen molar-refractivity contribution in [2.24, 2.45) is 16.1 Å². The number of carbonyl (C=O) groups excluding carboxylic acids is 1. The molecule has 136 valence electrons. The van der Waals surface area contributed by atoms with Gasteiger partial charge >= 0.3 is 0 Å². The Kier molecular flexibility index (Phi) is 5.21. The third-order valence-corrected chi connectivity index (χ3v) is 6.48. The Balaban J connectivity index is 1.97. The number of fused-ring (bicyclic) bond motifs is 1. The van der Waals surface area contributed by atoms with Crippen molar-refractivity contribution < 1.29 is 4.79 Å². The van der Waals surface area contributed by atoms with Gasteiger partial charge in [-0.25, -0.2) is 4.99 Å². The van der Waals surface area contributed by atoms with Crippen LogP contribution in [0.2, 0.25) is 0 Å². The van der Waals surface area contributed by atoms with Crippen molar-refractivity contribution in [2.45, 2.75) is 44.2 Å². The van der Waals surface area contributed by atoms with E-state index in [1.807, 2.05) is 0 Å². The molecule has 0 aliphatic heterocycles. The highest BCUT2D eigenvalue weighted by atomic mass is 79.9. The molecule has 0 bridgehead atoms. The largest absolute Gasteiger partial charge is 0.369 e. The minimum atomic E-state index is 0.0190.